The average molecular weight is 522 g/mol. The van der Waals surface area contributed by atoms with E-state index in [-0.39, 0.29) is 35.0 Å². The fraction of sp³-hybridized carbons (Fsp3) is 0.444. The maximum absolute atomic E-state index is 13.2. The first kappa shape index (κ1) is 25.6. The lowest BCUT2D eigenvalue weighted by atomic mass is 9.89. The van der Waals surface area contributed by atoms with E-state index in [0.29, 0.717) is 55.6 Å². The number of carbonyl (C=O) groups excluding carboxylic acids is 1. The SMILES string of the molecule is CCCn1c(=O)c2[nH]c(-c3cnn(CC(=O)N4CCC(c5ccc(F)cc5)CC4)c3)nc2n(CCC)c1=O. The molecule has 10 nitrogen and oxygen atoms in total. The van der Waals surface area contributed by atoms with E-state index in [1.54, 1.807) is 17.1 Å². The van der Waals surface area contributed by atoms with Gasteiger partial charge in [0.05, 0.1) is 11.8 Å². The number of H-pyrrole nitrogens is 1. The summed E-state index contributed by atoms with van der Waals surface area (Å²) in [6, 6.07) is 6.60. The summed E-state index contributed by atoms with van der Waals surface area (Å²) in [4.78, 5) is 48.3. The Balaban J connectivity index is 1.30. The lowest BCUT2D eigenvalue weighted by molar-refractivity contribution is -0.133. The maximum Gasteiger partial charge on any atom is 0.332 e. The third-order valence-electron chi connectivity index (χ3n) is 7.15. The molecule has 0 atom stereocenters. The Bertz CT molecular complexity index is 1560. The van der Waals surface area contributed by atoms with Crippen LogP contribution in [0, 0.1) is 5.82 Å². The highest BCUT2D eigenvalue weighted by Crippen LogP contribution is 2.28. The summed E-state index contributed by atoms with van der Waals surface area (Å²) in [6.45, 7) is 6.04. The van der Waals surface area contributed by atoms with Crippen LogP contribution in [0.4, 0.5) is 4.39 Å². The van der Waals surface area contributed by atoms with Crippen LogP contribution < -0.4 is 11.2 Å². The topological polar surface area (TPSA) is 111 Å². The second-order valence-electron chi connectivity index (χ2n) is 9.81. The predicted octanol–water partition coefficient (Wildman–Crippen LogP) is 3.12. The zero-order chi connectivity index (χ0) is 26.8. The van der Waals surface area contributed by atoms with Crippen molar-refractivity contribution in [3.05, 3.63) is 68.9 Å². The summed E-state index contributed by atoms with van der Waals surface area (Å²) in [5.41, 5.74) is 1.61. The Morgan fingerprint density at radius 1 is 1.05 bits per heavy atom. The first-order valence-corrected chi connectivity index (χ1v) is 13.2. The number of carbonyl (C=O) groups is 1. The highest BCUT2D eigenvalue weighted by molar-refractivity contribution is 5.77. The fourth-order valence-corrected chi connectivity index (χ4v) is 5.16. The number of fused-ring (bicyclic) bond motifs is 1. The van der Waals surface area contributed by atoms with Crippen molar-refractivity contribution >= 4 is 17.1 Å². The summed E-state index contributed by atoms with van der Waals surface area (Å²) in [5, 5.41) is 4.34. The number of aromatic amines is 1. The van der Waals surface area contributed by atoms with Gasteiger partial charge in [-0.3, -0.25) is 23.4 Å². The number of imidazole rings is 1. The molecule has 5 rings (SSSR count). The summed E-state index contributed by atoms with van der Waals surface area (Å²) in [5.74, 6) is 0.470. The van der Waals surface area contributed by atoms with Gasteiger partial charge in [0, 0.05) is 32.4 Å². The smallest absolute Gasteiger partial charge is 0.332 e. The maximum atomic E-state index is 13.2. The molecular weight excluding hydrogens is 489 g/mol. The van der Waals surface area contributed by atoms with Crippen molar-refractivity contribution in [3.63, 3.8) is 0 Å². The Morgan fingerprint density at radius 2 is 1.74 bits per heavy atom. The van der Waals surface area contributed by atoms with E-state index >= 15 is 0 Å². The van der Waals surface area contributed by atoms with Gasteiger partial charge in [0.25, 0.3) is 5.56 Å². The van der Waals surface area contributed by atoms with Gasteiger partial charge in [0.2, 0.25) is 5.91 Å². The average Bonchev–Trinajstić information content (AvgIpc) is 3.57. The first-order valence-electron chi connectivity index (χ1n) is 13.2. The summed E-state index contributed by atoms with van der Waals surface area (Å²) in [7, 11) is 0. The molecule has 0 spiro atoms. The molecule has 1 fully saturated rings. The van der Waals surface area contributed by atoms with Gasteiger partial charge in [-0.1, -0.05) is 26.0 Å². The number of aryl methyl sites for hydroxylation is 1. The van der Waals surface area contributed by atoms with Crippen molar-refractivity contribution < 1.29 is 9.18 Å². The van der Waals surface area contributed by atoms with Crippen LogP contribution in [0.5, 0.6) is 0 Å². The van der Waals surface area contributed by atoms with Crippen LogP contribution in [-0.4, -0.2) is 52.8 Å². The third kappa shape index (κ3) is 4.92. The molecule has 0 bridgehead atoms. The number of nitrogens with zero attached hydrogens (tertiary/aromatic N) is 6. The van der Waals surface area contributed by atoms with Gasteiger partial charge >= 0.3 is 5.69 Å². The van der Waals surface area contributed by atoms with Crippen molar-refractivity contribution in [1.82, 2.24) is 33.8 Å². The summed E-state index contributed by atoms with van der Waals surface area (Å²) < 4.78 is 17.6. The molecule has 38 heavy (non-hydrogen) atoms. The number of nitrogens with one attached hydrogen (secondary N) is 1. The van der Waals surface area contributed by atoms with Crippen molar-refractivity contribution in [2.45, 2.75) is 65.1 Å². The molecule has 1 N–H and O–H groups in total. The predicted molar refractivity (Wildman–Crippen MR) is 141 cm³/mol. The Morgan fingerprint density at radius 3 is 2.42 bits per heavy atom. The number of piperidine rings is 1. The van der Waals surface area contributed by atoms with Crippen molar-refractivity contribution in [3.8, 4) is 11.4 Å². The first-order chi connectivity index (χ1) is 18.4. The van der Waals surface area contributed by atoms with E-state index in [2.05, 4.69) is 15.1 Å². The molecule has 1 aromatic carbocycles. The molecule has 0 unspecified atom stereocenters. The number of hydrogen-bond donors (Lipinski definition) is 1. The van der Waals surface area contributed by atoms with Crippen molar-refractivity contribution in [1.29, 1.82) is 0 Å². The summed E-state index contributed by atoms with van der Waals surface area (Å²) >= 11 is 0. The van der Waals surface area contributed by atoms with Crippen LogP contribution in [0.25, 0.3) is 22.6 Å². The van der Waals surface area contributed by atoms with E-state index in [1.807, 2.05) is 30.9 Å². The fourth-order valence-electron chi connectivity index (χ4n) is 5.16. The van der Waals surface area contributed by atoms with Crippen LogP contribution in [-0.2, 0) is 24.4 Å². The second kappa shape index (κ2) is 10.8. The van der Waals surface area contributed by atoms with Gasteiger partial charge in [-0.25, -0.2) is 14.2 Å². The third-order valence-corrected chi connectivity index (χ3v) is 7.15. The molecule has 1 amide bonds. The van der Waals surface area contributed by atoms with Crippen molar-refractivity contribution in [2.75, 3.05) is 13.1 Å². The minimum absolute atomic E-state index is 0.0268. The van der Waals surface area contributed by atoms with E-state index in [1.165, 1.54) is 21.3 Å². The van der Waals surface area contributed by atoms with Crippen LogP contribution in [0.3, 0.4) is 0 Å². The van der Waals surface area contributed by atoms with Gasteiger partial charge in [0.15, 0.2) is 5.65 Å². The van der Waals surface area contributed by atoms with Gasteiger partial charge < -0.3 is 9.88 Å². The molecule has 1 aliphatic heterocycles. The molecule has 0 radical (unpaired) electrons. The molecule has 4 heterocycles. The molecule has 1 saturated heterocycles. The highest BCUT2D eigenvalue weighted by atomic mass is 19.1. The largest absolute Gasteiger partial charge is 0.341 e. The van der Waals surface area contributed by atoms with Crippen LogP contribution in [0.1, 0.15) is 51.0 Å². The van der Waals surface area contributed by atoms with Gasteiger partial charge in [-0.05, 0) is 49.3 Å². The van der Waals surface area contributed by atoms with Gasteiger partial charge in [-0.15, -0.1) is 0 Å². The Kier molecular flexibility index (Phi) is 7.26. The monoisotopic (exact) mass is 521 g/mol. The molecule has 1 aliphatic rings. The van der Waals surface area contributed by atoms with Gasteiger partial charge in [-0.2, -0.15) is 5.10 Å². The van der Waals surface area contributed by atoms with E-state index < -0.39 is 0 Å². The molecule has 0 saturated carbocycles. The number of aromatic nitrogens is 6. The molecule has 11 heteroatoms. The molecule has 4 aromatic rings. The zero-order valence-corrected chi connectivity index (χ0v) is 21.7. The number of amides is 1. The quantitative estimate of drug-likeness (QED) is 0.383. The molecule has 200 valence electrons. The highest BCUT2D eigenvalue weighted by Gasteiger charge is 2.24. The number of hydrogen-bond acceptors (Lipinski definition) is 5. The Labute approximate surface area is 218 Å². The normalized spacial score (nSPS) is 14.4. The lowest BCUT2D eigenvalue weighted by Gasteiger charge is -2.32. The lowest BCUT2D eigenvalue weighted by Crippen LogP contribution is -2.40. The van der Waals surface area contributed by atoms with Crippen LogP contribution >= 0.6 is 0 Å². The van der Waals surface area contributed by atoms with E-state index in [4.69, 9.17) is 0 Å². The van der Waals surface area contributed by atoms with Crippen LogP contribution in [0.2, 0.25) is 0 Å². The summed E-state index contributed by atoms with van der Waals surface area (Å²) in [6.07, 6.45) is 6.36. The Hall–Kier alpha value is -4.02. The molecule has 3 aromatic heterocycles. The van der Waals surface area contributed by atoms with Gasteiger partial charge in [0.1, 0.15) is 23.7 Å². The minimum atomic E-state index is -0.385. The number of benzene rings is 1. The van der Waals surface area contributed by atoms with Crippen LogP contribution in [0.15, 0.2) is 46.2 Å². The number of halogens is 1. The second-order valence-corrected chi connectivity index (χ2v) is 9.81. The van der Waals surface area contributed by atoms with E-state index in [9.17, 15) is 18.8 Å². The zero-order valence-electron chi connectivity index (χ0n) is 21.7. The molecule has 0 aliphatic carbocycles. The standard InChI is InChI=1S/C27H32FN7O3/c1-3-11-34-25-23(26(37)35(12-4-2)27(34)38)30-24(31-25)20-15-29-33(16-20)17-22(36)32-13-9-19(10-14-32)18-5-7-21(28)8-6-18/h5-8,15-16,19H,3-4,9-14,17H2,1-2H3,(H,30,31). The van der Waals surface area contributed by atoms with Crippen molar-refractivity contribution in [2.24, 2.45) is 0 Å². The van der Waals surface area contributed by atoms with E-state index in [0.717, 1.165) is 24.8 Å². The minimum Gasteiger partial charge on any atom is -0.341 e. The number of rotatable bonds is 8. The molecular formula is C27H32FN7O3. The number of likely N-dealkylation sites (tertiary alicyclic amines) is 1.